The van der Waals surface area contributed by atoms with Crippen molar-refractivity contribution in [3.8, 4) is 11.5 Å². The predicted octanol–water partition coefficient (Wildman–Crippen LogP) is 3.52. The number of benzene rings is 1. The molecule has 2 nitrogen and oxygen atoms in total. The maximum absolute atomic E-state index is 9.50. The number of ether oxygens (including phenoxy) is 1. The highest BCUT2D eigenvalue weighted by molar-refractivity contribution is 5.41. The largest absolute Gasteiger partial charge is 0.508 e. The topological polar surface area (TPSA) is 29.5 Å². The lowest BCUT2D eigenvalue weighted by Crippen LogP contribution is -2.23. The van der Waals surface area contributed by atoms with E-state index in [9.17, 15) is 5.11 Å². The first kappa shape index (κ1) is 11.3. The van der Waals surface area contributed by atoms with Crippen LogP contribution in [0.3, 0.4) is 0 Å². The molecule has 0 saturated heterocycles. The van der Waals surface area contributed by atoms with Gasteiger partial charge in [-0.3, -0.25) is 0 Å². The van der Waals surface area contributed by atoms with Crippen LogP contribution in [0.1, 0.15) is 39.2 Å². The summed E-state index contributed by atoms with van der Waals surface area (Å²) in [6.45, 7) is 6.08. The SMILES string of the molecule is CC(C)(C)Oc1cc(O)ccc1CC1CC1. The second-order valence-electron chi connectivity index (χ2n) is 5.65. The fourth-order valence-electron chi connectivity index (χ4n) is 1.77. The van der Waals surface area contributed by atoms with E-state index in [1.807, 2.05) is 26.8 Å². The standard InChI is InChI=1S/C14H20O2/c1-14(2,3)16-13-9-12(15)7-6-11(13)8-10-4-5-10/h6-7,9-10,15H,4-5,8H2,1-3H3. The number of aromatic hydroxyl groups is 1. The van der Waals surface area contributed by atoms with Gasteiger partial charge < -0.3 is 9.84 Å². The number of hydrogen-bond acceptors (Lipinski definition) is 2. The van der Waals surface area contributed by atoms with E-state index in [2.05, 4.69) is 0 Å². The van der Waals surface area contributed by atoms with Crippen molar-refractivity contribution in [2.24, 2.45) is 5.92 Å². The number of phenols is 1. The first-order valence-corrected chi connectivity index (χ1v) is 5.95. The van der Waals surface area contributed by atoms with E-state index in [4.69, 9.17) is 4.74 Å². The van der Waals surface area contributed by atoms with Crippen LogP contribution in [-0.2, 0) is 6.42 Å². The molecule has 1 aromatic carbocycles. The molecule has 1 aliphatic rings. The van der Waals surface area contributed by atoms with Gasteiger partial charge in [0.15, 0.2) is 0 Å². The molecule has 0 heterocycles. The Labute approximate surface area is 97.3 Å². The van der Waals surface area contributed by atoms with E-state index >= 15 is 0 Å². The molecule has 1 aromatic rings. The van der Waals surface area contributed by atoms with Gasteiger partial charge in [0.05, 0.1) is 0 Å². The highest BCUT2D eigenvalue weighted by Crippen LogP contribution is 2.37. The summed E-state index contributed by atoms with van der Waals surface area (Å²) in [5.41, 5.74) is 1.00. The van der Waals surface area contributed by atoms with E-state index in [-0.39, 0.29) is 11.4 Å². The third-order valence-electron chi connectivity index (χ3n) is 2.67. The lowest BCUT2D eigenvalue weighted by molar-refractivity contribution is 0.129. The van der Waals surface area contributed by atoms with Crippen LogP contribution < -0.4 is 4.74 Å². The van der Waals surface area contributed by atoms with Crippen molar-refractivity contribution in [2.45, 2.75) is 45.6 Å². The van der Waals surface area contributed by atoms with Crippen LogP contribution in [0, 0.1) is 5.92 Å². The van der Waals surface area contributed by atoms with Crippen LogP contribution in [0.2, 0.25) is 0 Å². The second kappa shape index (κ2) is 4.00. The van der Waals surface area contributed by atoms with Crippen molar-refractivity contribution < 1.29 is 9.84 Å². The maximum atomic E-state index is 9.50. The van der Waals surface area contributed by atoms with Crippen molar-refractivity contribution in [3.63, 3.8) is 0 Å². The molecule has 1 fully saturated rings. The molecule has 0 amide bonds. The molecular weight excluding hydrogens is 200 g/mol. The van der Waals surface area contributed by atoms with Gasteiger partial charge in [-0.2, -0.15) is 0 Å². The van der Waals surface area contributed by atoms with Crippen LogP contribution in [0.15, 0.2) is 18.2 Å². The molecule has 0 aromatic heterocycles. The van der Waals surface area contributed by atoms with Crippen LogP contribution >= 0.6 is 0 Å². The average Bonchev–Trinajstić information content (AvgIpc) is 2.91. The first-order valence-electron chi connectivity index (χ1n) is 5.95. The molecule has 1 N–H and O–H groups in total. The quantitative estimate of drug-likeness (QED) is 0.844. The van der Waals surface area contributed by atoms with Gasteiger partial charge in [0.1, 0.15) is 17.1 Å². The Balaban J connectivity index is 2.20. The highest BCUT2D eigenvalue weighted by Gasteiger charge is 2.24. The predicted molar refractivity (Wildman–Crippen MR) is 64.9 cm³/mol. The molecule has 0 bridgehead atoms. The molecule has 16 heavy (non-hydrogen) atoms. The zero-order chi connectivity index (χ0) is 11.8. The van der Waals surface area contributed by atoms with Crippen LogP contribution in [0.25, 0.3) is 0 Å². The fourth-order valence-corrected chi connectivity index (χ4v) is 1.77. The molecule has 1 saturated carbocycles. The van der Waals surface area contributed by atoms with E-state index in [0.717, 1.165) is 18.1 Å². The van der Waals surface area contributed by atoms with Crippen molar-refractivity contribution >= 4 is 0 Å². The van der Waals surface area contributed by atoms with Gasteiger partial charge in [-0.15, -0.1) is 0 Å². The Morgan fingerprint density at radius 3 is 2.56 bits per heavy atom. The Kier molecular flexibility index (Phi) is 2.83. The van der Waals surface area contributed by atoms with Crippen molar-refractivity contribution in [3.05, 3.63) is 23.8 Å². The molecular formula is C14H20O2. The molecule has 0 radical (unpaired) electrons. The lowest BCUT2D eigenvalue weighted by atomic mass is 10.1. The molecule has 0 aliphatic heterocycles. The summed E-state index contributed by atoms with van der Waals surface area (Å²) in [4.78, 5) is 0. The third-order valence-corrected chi connectivity index (χ3v) is 2.67. The van der Waals surface area contributed by atoms with Crippen molar-refractivity contribution in [1.82, 2.24) is 0 Å². The fraction of sp³-hybridized carbons (Fsp3) is 0.571. The lowest BCUT2D eigenvalue weighted by Gasteiger charge is -2.23. The summed E-state index contributed by atoms with van der Waals surface area (Å²) < 4.78 is 5.88. The van der Waals surface area contributed by atoms with E-state index in [1.54, 1.807) is 12.1 Å². The molecule has 0 unspecified atom stereocenters. The minimum Gasteiger partial charge on any atom is -0.508 e. The Bertz CT molecular complexity index is 373. The van der Waals surface area contributed by atoms with E-state index in [1.165, 1.54) is 18.4 Å². The zero-order valence-corrected chi connectivity index (χ0v) is 10.3. The maximum Gasteiger partial charge on any atom is 0.126 e. The minimum absolute atomic E-state index is 0.216. The van der Waals surface area contributed by atoms with Gasteiger partial charge in [0.2, 0.25) is 0 Å². The number of phenolic OH excluding ortho intramolecular Hbond substituents is 1. The van der Waals surface area contributed by atoms with Gasteiger partial charge >= 0.3 is 0 Å². The summed E-state index contributed by atoms with van der Waals surface area (Å²) in [5, 5.41) is 9.50. The van der Waals surface area contributed by atoms with Gasteiger partial charge in [0.25, 0.3) is 0 Å². The highest BCUT2D eigenvalue weighted by atomic mass is 16.5. The van der Waals surface area contributed by atoms with Crippen LogP contribution in [-0.4, -0.2) is 10.7 Å². The van der Waals surface area contributed by atoms with E-state index in [0.29, 0.717) is 0 Å². The summed E-state index contributed by atoms with van der Waals surface area (Å²) in [7, 11) is 0. The Morgan fingerprint density at radius 2 is 2.00 bits per heavy atom. The van der Waals surface area contributed by atoms with Gasteiger partial charge in [-0.05, 0) is 57.6 Å². The van der Waals surface area contributed by atoms with Gasteiger partial charge in [0, 0.05) is 6.07 Å². The molecule has 0 atom stereocenters. The van der Waals surface area contributed by atoms with Crippen LogP contribution in [0.5, 0.6) is 11.5 Å². The monoisotopic (exact) mass is 220 g/mol. The average molecular weight is 220 g/mol. The molecule has 2 rings (SSSR count). The molecule has 2 heteroatoms. The Hall–Kier alpha value is -1.18. The summed E-state index contributed by atoms with van der Waals surface area (Å²) in [5.74, 6) is 1.94. The molecule has 88 valence electrons. The number of hydrogen-bond donors (Lipinski definition) is 1. The van der Waals surface area contributed by atoms with Gasteiger partial charge in [-0.25, -0.2) is 0 Å². The van der Waals surface area contributed by atoms with Gasteiger partial charge in [-0.1, -0.05) is 6.07 Å². The van der Waals surface area contributed by atoms with Crippen molar-refractivity contribution in [2.75, 3.05) is 0 Å². The summed E-state index contributed by atoms with van der Waals surface area (Å²) in [6.07, 6.45) is 3.73. The Morgan fingerprint density at radius 1 is 1.31 bits per heavy atom. The number of rotatable bonds is 3. The second-order valence-corrected chi connectivity index (χ2v) is 5.65. The molecule has 0 spiro atoms. The normalized spacial score (nSPS) is 16.2. The summed E-state index contributed by atoms with van der Waals surface area (Å²) >= 11 is 0. The minimum atomic E-state index is -0.216. The third kappa shape index (κ3) is 3.16. The van der Waals surface area contributed by atoms with Crippen LogP contribution in [0.4, 0.5) is 0 Å². The zero-order valence-electron chi connectivity index (χ0n) is 10.3. The smallest absolute Gasteiger partial charge is 0.126 e. The molecule has 1 aliphatic carbocycles. The summed E-state index contributed by atoms with van der Waals surface area (Å²) in [6, 6.07) is 5.45. The van der Waals surface area contributed by atoms with E-state index < -0.39 is 0 Å². The van der Waals surface area contributed by atoms with Crippen molar-refractivity contribution in [1.29, 1.82) is 0 Å². The first-order chi connectivity index (χ1) is 7.44.